The Morgan fingerprint density at radius 1 is 1.24 bits per heavy atom. The lowest BCUT2D eigenvalue weighted by molar-refractivity contribution is -0.432. The maximum absolute atomic E-state index is 11.9. The number of anilines is 1. The van der Waals surface area contributed by atoms with Gasteiger partial charge in [-0.25, -0.2) is 4.98 Å². The molecule has 0 amide bonds. The summed E-state index contributed by atoms with van der Waals surface area (Å²) in [4.78, 5) is 16.2. The maximum atomic E-state index is 11.9. The van der Waals surface area contributed by atoms with Crippen LogP contribution in [0.3, 0.4) is 0 Å². The van der Waals surface area contributed by atoms with Crippen molar-refractivity contribution in [3.8, 4) is 0 Å². The lowest BCUT2D eigenvalue weighted by atomic mass is 10.00. The normalized spacial score (nSPS) is 16.5. The van der Waals surface area contributed by atoms with Crippen LogP contribution in [0.4, 0.5) is 5.95 Å². The Balaban J connectivity index is 2.05. The van der Waals surface area contributed by atoms with Crippen LogP contribution in [-0.4, -0.2) is 21.5 Å². The quantitative estimate of drug-likeness (QED) is 0.568. The van der Waals surface area contributed by atoms with Crippen molar-refractivity contribution in [1.29, 1.82) is 0 Å². The minimum Gasteiger partial charge on any atom is -0.369 e. The second kappa shape index (κ2) is 5.62. The van der Waals surface area contributed by atoms with Crippen LogP contribution < -0.4 is 10.6 Å². The van der Waals surface area contributed by atoms with Gasteiger partial charge < -0.3 is 10.6 Å². The second-order valence-electron chi connectivity index (χ2n) is 6.00. The zero-order valence-electron chi connectivity index (χ0n) is 13.9. The highest BCUT2D eigenvalue weighted by Crippen LogP contribution is 2.38. The third-order valence-electron chi connectivity index (χ3n) is 4.41. The lowest BCUT2D eigenvalue weighted by Crippen LogP contribution is -2.33. The zero-order chi connectivity index (χ0) is 17.6. The van der Waals surface area contributed by atoms with Crippen LogP contribution in [0.2, 0.25) is 0 Å². The van der Waals surface area contributed by atoms with Gasteiger partial charge in [0.1, 0.15) is 0 Å². The summed E-state index contributed by atoms with van der Waals surface area (Å²) in [5.74, 6) is 0.946. The molecule has 25 heavy (non-hydrogen) atoms. The molecule has 1 unspecified atom stereocenters. The van der Waals surface area contributed by atoms with E-state index in [0.29, 0.717) is 11.8 Å². The van der Waals surface area contributed by atoms with E-state index in [1.165, 1.54) is 0 Å². The molecule has 7 heteroatoms. The van der Waals surface area contributed by atoms with Crippen molar-refractivity contribution in [3.63, 3.8) is 0 Å². The van der Waals surface area contributed by atoms with Gasteiger partial charge in [0.15, 0.2) is 11.9 Å². The standard InChI is InChI=1S/C18H17N5O2/c1-11-6-5-7-12(10-11)15-16(23(24)25)17(19-2)21-18-20-13-8-3-4-9-14(13)22(15)18/h3-10,15,19H,1-2H3,(H,20,21). The van der Waals surface area contributed by atoms with Gasteiger partial charge in [-0.3, -0.25) is 14.7 Å². The molecular weight excluding hydrogens is 318 g/mol. The van der Waals surface area contributed by atoms with E-state index < -0.39 is 6.04 Å². The first-order valence-corrected chi connectivity index (χ1v) is 7.97. The zero-order valence-corrected chi connectivity index (χ0v) is 13.9. The molecule has 0 spiro atoms. The van der Waals surface area contributed by atoms with Gasteiger partial charge in [0, 0.05) is 7.05 Å². The fourth-order valence-corrected chi connectivity index (χ4v) is 3.36. The Bertz CT molecular complexity index is 1020. The fraction of sp³-hybridized carbons (Fsp3) is 0.167. The number of hydrogen-bond donors (Lipinski definition) is 2. The summed E-state index contributed by atoms with van der Waals surface area (Å²) in [7, 11) is 1.66. The lowest BCUT2D eigenvalue weighted by Gasteiger charge is -2.26. The molecule has 0 bridgehead atoms. The third-order valence-corrected chi connectivity index (χ3v) is 4.41. The smallest absolute Gasteiger partial charge is 0.313 e. The van der Waals surface area contributed by atoms with Crippen LogP contribution in [0.15, 0.2) is 60.0 Å². The predicted molar refractivity (Wildman–Crippen MR) is 95.8 cm³/mol. The number of allylic oxidation sites excluding steroid dienone is 1. The Hall–Kier alpha value is -3.35. The van der Waals surface area contributed by atoms with Crippen molar-refractivity contribution < 1.29 is 4.92 Å². The van der Waals surface area contributed by atoms with E-state index in [9.17, 15) is 10.1 Å². The molecule has 0 radical (unpaired) electrons. The highest BCUT2D eigenvalue weighted by Gasteiger charge is 2.39. The van der Waals surface area contributed by atoms with Crippen LogP contribution >= 0.6 is 0 Å². The first-order valence-electron chi connectivity index (χ1n) is 7.97. The van der Waals surface area contributed by atoms with E-state index in [1.54, 1.807) is 7.05 Å². The molecule has 0 fully saturated rings. The Labute approximate surface area is 144 Å². The van der Waals surface area contributed by atoms with E-state index in [1.807, 2.05) is 60.0 Å². The number of nitrogens with zero attached hydrogens (tertiary/aromatic N) is 3. The van der Waals surface area contributed by atoms with Gasteiger partial charge in [-0.15, -0.1) is 0 Å². The number of aromatic nitrogens is 2. The fourth-order valence-electron chi connectivity index (χ4n) is 3.36. The van der Waals surface area contributed by atoms with Gasteiger partial charge in [0.2, 0.25) is 5.95 Å². The number of hydrogen-bond acceptors (Lipinski definition) is 5. The van der Waals surface area contributed by atoms with E-state index in [-0.39, 0.29) is 10.6 Å². The number of nitrogens with one attached hydrogen (secondary N) is 2. The Kier molecular flexibility index (Phi) is 3.42. The number of benzene rings is 2. The van der Waals surface area contributed by atoms with Crippen molar-refractivity contribution >= 4 is 17.0 Å². The first kappa shape index (κ1) is 15.2. The number of imidazole rings is 1. The van der Waals surface area contributed by atoms with Crippen LogP contribution in [0, 0.1) is 17.0 Å². The summed E-state index contributed by atoms with van der Waals surface area (Å²) in [6.07, 6.45) is 0. The minimum absolute atomic E-state index is 0.0729. The molecule has 0 saturated heterocycles. The maximum Gasteiger partial charge on any atom is 0.313 e. The highest BCUT2D eigenvalue weighted by molar-refractivity contribution is 5.80. The van der Waals surface area contributed by atoms with Crippen LogP contribution in [0.5, 0.6) is 0 Å². The van der Waals surface area contributed by atoms with E-state index in [4.69, 9.17) is 0 Å². The van der Waals surface area contributed by atoms with Gasteiger partial charge in [-0.1, -0.05) is 42.0 Å². The number of nitro groups is 1. The highest BCUT2D eigenvalue weighted by atomic mass is 16.6. The van der Waals surface area contributed by atoms with Crippen molar-refractivity contribution in [2.75, 3.05) is 12.4 Å². The summed E-state index contributed by atoms with van der Waals surface area (Å²) in [5, 5.41) is 17.9. The van der Waals surface area contributed by atoms with Crippen molar-refractivity contribution in [2.24, 2.45) is 0 Å². The molecule has 0 aliphatic carbocycles. The van der Waals surface area contributed by atoms with Gasteiger partial charge in [-0.05, 0) is 24.6 Å². The molecule has 2 N–H and O–H groups in total. The summed E-state index contributed by atoms with van der Waals surface area (Å²) >= 11 is 0. The topological polar surface area (TPSA) is 85.0 Å². The molecule has 2 aromatic carbocycles. The summed E-state index contributed by atoms with van der Waals surface area (Å²) in [6.45, 7) is 1.98. The molecule has 0 saturated carbocycles. The van der Waals surface area contributed by atoms with Gasteiger partial charge in [0.05, 0.1) is 16.0 Å². The molecule has 3 aromatic rings. The van der Waals surface area contributed by atoms with Gasteiger partial charge >= 0.3 is 5.70 Å². The van der Waals surface area contributed by atoms with Crippen molar-refractivity contribution in [2.45, 2.75) is 13.0 Å². The molecule has 1 aromatic heterocycles. The minimum atomic E-state index is -0.569. The average Bonchev–Trinajstić information content (AvgIpc) is 2.98. The number of aryl methyl sites for hydroxylation is 1. The van der Waals surface area contributed by atoms with Crippen LogP contribution in [0.1, 0.15) is 17.2 Å². The Morgan fingerprint density at radius 2 is 2.04 bits per heavy atom. The molecule has 1 atom stereocenters. The molecule has 1 aliphatic rings. The molecular formula is C18H17N5O2. The van der Waals surface area contributed by atoms with E-state index >= 15 is 0 Å². The molecule has 4 rings (SSSR count). The first-order chi connectivity index (χ1) is 12.1. The van der Waals surface area contributed by atoms with Crippen LogP contribution in [-0.2, 0) is 0 Å². The average molecular weight is 335 g/mol. The summed E-state index contributed by atoms with van der Waals surface area (Å²) in [5.41, 5.74) is 3.62. The predicted octanol–water partition coefficient (Wildman–Crippen LogP) is 3.02. The summed E-state index contributed by atoms with van der Waals surface area (Å²) < 4.78 is 1.89. The SMILES string of the molecule is CNC1=C([N+](=O)[O-])C(c2cccc(C)c2)n2c(nc3ccccc32)N1. The molecule has 126 valence electrons. The largest absolute Gasteiger partial charge is 0.369 e. The van der Waals surface area contributed by atoms with Crippen LogP contribution in [0.25, 0.3) is 11.0 Å². The molecule has 1 aliphatic heterocycles. The van der Waals surface area contributed by atoms with Crippen molar-refractivity contribution in [3.05, 3.63) is 81.3 Å². The third kappa shape index (κ3) is 2.32. The Morgan fingerprint density at radius 3 is 2.76 bits per heavy atom. The van der Waals surface area contributed by atoms with E-state index in [0.717, 1.165) is 22.2 Å². The molecule has 7 nitrogen and oxygen atoms in total. The van der Waals surface area contributed by atoms with E-state index in [2.05, 4.69) is 15.6 Å². The monoisotopic (exact) mass is 335 g/mol. The molecule has 2 heterocycles. The van der Waals surface area contributed by atoms with Gasteiger partial charge in [-0.2, -0.15) is 0 Å². The number of fused-ring (bicyclic) bond motifs is 3. The van der Waals surface area contributed by atoms with Crippen molar-refractivity contribution in [1.82, 2.24) is 14.9 Å². The van der Waals surface area contributed by atoms with Gasteiger partial charge in [0.25, 0.3) is 0 Å². The number of rotatable bonds is 3. The number of para-hydroxylation sites is 2. The second-order valence-corrected chi connectivity index (χ2v) is 6.00. The summed E-state index contributed by atoms with van der Waals surface area (Å²) in [6, 6.07) is 14.9.